The first-order chi connectivity index (χ1) is 25.5. The van der Waals surface area contributed by atoms with Gasteiger partial charge in [0, 0.05) is 39.4 Å². The van der Waals surface area contributed by atoms with Crippen molar-refractivity contribution in [1.82, 2.24) is 19.7 Å². The zero-order chi connectivity index (χ0) is 35.3. The molecule has 0 amide bonds. The van der Waals surface area contributed by atoms with E-state index in [1.807, 2.05) is 72.8 Å². The zero-order valence-corrected chi connectivity index (χ0v) is 27.3. The number of aromatic nitrogens is 4. The van der Waals surface area contributed by atoms with Crippen LogP contribution >= 0.6 is 0 Å². The van der Waals surface area contributed by atoms with Crippen LogP contribution in [0.5, 0.6) is 0 Å². The van der Waals surface area contributed by atoms with E-state index >= 15 is 17.7 Å². The fourth-order valence-corrected chi connectivity index (χ4v) is 7.03. The molecule has 7 aromatic rings. The normalized spacial score (nSPS) is 12.3. The molecule has 0 aliphatic carbocycles. The number of fused-ring (bicyclic) bond motifs is 8. The molecule has 0 unspecified atom stereocenters. The van der Waals surface area contributed by atoms with Crippen molar-refractivity contribution in [3.8, 4) is 44.5 Å². The lowest BCUT2D eigenvalue weighted by Gasteiger charge is -2.08. The van der Waals surface area contributed by atoms with Crippen LogP contribution in [-0.2, 0) is 0 Å². The SMILES string of the molecule is FC1=Cc2nc1c(-c1ccccc1)c1c(F)c(F)c(c(-c3ccccc3)c3nc(c(-c4ccccc4)c4ccc([nH]4)c2-c2ccccc2)C=C3)n1F. The molecule has 0 saturated heterocycles. The molecule has 0 spiro atoms. The number of benzene rings is 4. The van der Waals surface area contributed by atoms with Crippen molar-refractivity contribution in [2.24, 2.45) is 0 Å². The van der Waals surface area contributed by atoms with E-state index in [9.17, 15) is 0 Å². The molecule has 0 radical (unpaired) electrons. The highest BCUT2D eigenvalue weighted by atomic mass is 19.2. The van der Waals surface area contributed by atoms with E-state index in [2.05, 4.69) is 4.98 Å². The number of nitrogens with one attached hydrogen (secondary N) is 1. The van der Waals surface area contributed by atoms with Crippen LogP contribution in [0.2, 0.25) is 0 Å². The van der Waals surface area contributed by atoms with Crippen molar-refractivity contribution >= 4 is 46.1 Å². The van der Waals surface area contributed by atoms with E-state index in [4.69, 9.17) is 9.97 Å². The highest BCUT2D eigenvalue weighted by Crippen LogP contribution is 2.43. The largest absolute Gasteiger partial charge is 0.354 e. The second-order valence-corrected chi connectivity index (χ2v) is 12.4. The van der Waals surface area contributed by atoms with Crippen LogP contribution in [0.3, 0.4) is 0 Å². The summed E-state index contributed by atoms with van der Waals surface area (Å²) in [4.78, 5) is 13.2. The molecule has 3 aromatic heterocycles. The van der Waals surface area contributed by atoms with Gasteiger partial charge in [0.1, 0.15) is 16.7 Å². The van der Waals surface area contributed by atoms with Gasteiger partial charge in [-0.05, 0) is 46.5 Å². The summed E-state index contributed by atoms with van der Waals surface area (Å²) in [7, 11) is 0. The monoisotopic (exact) mass is 686 g/mol. The molecule has 9 rings (SSSR count). The van der Waals surface area contributed by atoms with Gasteiger partial charge in [-0.25, -0.2) is 23.1 Å². The smallest absolute Gasteiger partial charge is 0.188 e. The summed E-state index contributed by atoms with van der Waals surface area (Å²) >= 11 is 0. The minimum atomic E-state index is -1.48. The summed E-state index contributed by atoms with van der Waals surface area (Å²) < 4.78 is 66.7. The molecule has 4 aromatic carbocycles. The van der Waals surface area contributed by atoms with E-state index in [0.717, 1.165) is 16.7 Å². The highest BCUT2D eigenvalue weighted by Gasteiger charge is 2.29. The molecule has 4 nitrogen and oxygen atoms in total. The van der Waals surface area contributed by atoms with Crippen molar-refractivity contribution in [3.63, 3.8) is 0 Å². The number of hydrogen-bond acceptors (Lipinski definition) is 2. The summed E-state index contributed by atoms with van der Waals surface area (Å²) in [5.41, 5.74) is 3.73. The molecule has 1 N–H and O–H groups in total. The lowest BCUT2D eigenvalue weighted by molar-refractivity contribution is 0.400. The van der Waals surface area contributed by atoms with Crippen molar-refractivity contribution in [2.75, 3.05) is 0 Å². The van der Waals surface area contributed by atoms with Crippen LogP contribution in [0.25, 0.3) is 90.6 Å². The number of nitrogens with zero attached hydrogens (tertiary/aromatic N) is 3. The van der Waals surface area contributed by atoms with Crippen LogP contribution in [0, 0.1) is 11.6 Å². The highest BCUT2D eigenvalue weighted by molar-refractivity contribution is 6.01. The lowest BCUT2D eigenvalue weighted by atomic mass is 10.0. The van der Waals surface area contributed by atoms with E-state index < -0.39 is 28.5 Å². The molecule has 250 valence electrons. The van der Waals surface area contributed by atoms with E-state index in [1.54, 1.807) is 72.8 Å². The van der Waals surface area contributed by atoms with Gasteiger partial charge >= 0.3 is 0 Å². The molecule has 8 heteroatoms. The minimum Gasteiger partial charge on any atom is -0.354 e. The Kier molecular flexibility index (Phi) is 7.51. The van der Waals surface area contributed by atoms with E-state index in [0.29, 0.717) is 27.9 Å². The van der Waals surface area contributed by atoms with E-state index in [-0.39, 0.29) is 38.6 Å². The average molecular weight is 687 g/mol. The van der Waals surface area contributed by atoms with Crippen molar-refractivity contribution in [2.45, 2.75) is 0 Å². The molecule has 2 aliphatic rings. The van der Waals surface area contributed by atoms with E-state index in [1.165, 1.54) is 6.08 Å². The van der Waals surface area contributed by atoms with Crippen LogP contribution in [0.4, 0.5) is 17.7 Å². The van der Waals surface area contributed by atoms with Gasteiger partial charge < -0.3 is 4.98 Å². The van der Waals surface area contributed by atoms with Gasteiger partial charge in [-0.15, -0.1) is 0 Å². The third kappa shape index (κ3) is 5.07. The summed E-state index contributed by atoms with van der Waals surface area (Å²) in [5, 5.41) is 0. The molecular formula is C44H26F4N4. The first kappa shape index (κ1) is 31.2. The lowest BCUT2D eigenvalue weighted by Crippen LogP contribution is -1.94. The van der Waals surface area contributed by atoms with Gasteiger partial charge in [0.05, 0.1) is 17.1 Å². The third-order valence-electron chi connectivity index (χ3n) is 9.32. The van der Waals surface area contributed by atoms with Crippen molar-refractivity contribution in [3.05, 3.63) is 168 Å². The standard InChI is InChI=1S/C44H26F4N4/c45-30-25-35-37(27-15-7-2-8-16-27)33-22-21-31(49-33)36(26-13-5-1-6-14-26)32-23-24-34(50-32)38(28-17-9-3-10-18-28)43-40(46)41(47)44(52(43)48)39(42(30)51-35)29-19-11-4-12-20-29/h1-25,49H. The Hall–Kier alpha value is -6.80. The van der Waals surface area contributed by atoms with Crippen LogP contribution in [-0.4, -0.2) is 19.7 Å². The molecular weight excluding hydrogens is 661 g/mol. The molecule has 2 aliphatic heterocycles. The third-order valence-corrected chi connectivity index (χ3v) is 9.32. The maximum Gasteiger partial charge on any atom is 0.188 e. The minimum absolute atomic E-state index is 0.0208. The van der Waals surface area contributed by atoms with Gasteiger partial charge in [-0.3, -0.25) is 0 Å². The summed E-state index contributed by atoms with van der Waals surface area (Å²) in [6.07, 6.45) is 4.69. The molecule has 5 heterocycles. The van der Waals surface area contributed by atoms with Crippen molar-refractivity contribution in [1.29, 1.82) is 0 Å². The van der Waals surface area contributed by atoms with Gasteiger partial charge in [-0.2, -0.15) is 4.79 Å². The van der Waals surface area contributed by atoms with Crippen molar-refractivity contribution < 1.29 is 17.7 Å². The number of hydrogen-bond donors (Lipinski definition) is 1. The summed E-state index contributed by atoms with van der Waals surface area (Å²) in [5.74, 6) is -3.75. The Labute approximate surface area is 295 Å². The predicted molar refractivity (Wildman–Crippen MR) is 201 cm³/mol. The molecule has 0 saturated carbocycles. The van der Waals surface area contributed by atoms with Gasteiger partial charge in [-0.1, -0.05) is 126 Å². The predicted octanol–water partition coefficient (Wildman–Crippen LogP) is 12.1. The summed E-state index contributed by atoms with van der Waals surface area (Å²) in [6.45, 7) is 0. The Morgan fingerprint density at radius 3 is 1.35 bits per heavy atom. The average Bonchev–Trinajstić information content (AvgIpc) is 3.98. The topological polar surface area (TPSA) is 46.5 Å². The first-order valence-corrected chi connectivity index (χ1v) is 16.6. The quantitative estimate of drug-likeness (QED) is 0.187. The fraction of sp³-hybridized carbons (Fsp3) is 0. The van der Waals surface area contributed by atoms with Gasteiger partial charge in [0.2, 0.25) is 0 Å². The number of aromatic amines is 1. The maximum absolute atomic E-state index is 17.2. The zero-order valence-electron chi connectivity index (χ0n) is 27.3. The van der Waals surface area contributed by atoms with Gasteiger partial charge in [0.15, 0.2) is 17.5 Å². The Morgan fingerprint density at radius 1 is 0.442 bits per heavy atom. The second-order valence-electron chi connectivity index (χ2n) is 12.4. The number of rotatable bonds is 4. The maximum atomic E-state index is 17.2. The van der Waals surface area contributed by atoms with Crippen LogP contribution in [0.15, 0.2) is 133 Å². The Morgan fingerprint density at radius 2 is 0.846 bits per heavy atom. The van der Waals surface area contributed by atoms with Gasteiger partial charge in [0.25, 0.3) is 0 Å². The molecule has 0 fully saturated rings. The molecule has 52 heavy (non-hydrogen) atoms. The first-order valence-electron chi connectivity index (χ1n) is 16.6. The number of halogens is 4. The second kappa shape index (κ2) is 12.5. The summed E-state index contributed by atoms with van der Waals surface area (Å²) in [6, 6.07) is 39.6. The van der Waals surface area contributed by atoms with Crippen LogP contribution < -0.4 is 0 Å². The molecule has 8 bridgehead atoms. The number of H-pyrrole nitrogens is 1. The molecule has 0 atom stereocenters. The fourth-order valence-electron chi connectivity index (χ4n) is 7.03. The van der Waals surface area contributed by atoms with Crippen LogP contribution in [0.1, 0.15) is 22.8 Å². The Balaban J connectivity index is 1.57. The Bertz CT molecular complexity index is 2750.